The van der Waals surface area contributed by atoms with Crippen LogP contribution in [0.25, 0.3) is 5.57 Å². The monoisotopic (exact) mass is 469 g/mol. The van der Waals surface area contributed by atoms with E-state index >= 15 is 0 Å². The molecule has 0 aliphatic carbocycles. The number of carbonyl (C=O) groups excluding carboxylic acids is 1. The standard InChI is InChI=1S/C23H17BrClNO3/c24-19-10-8-18(9-11-19)23(28)14-21(17-6-12-20(25)13-7-17)22(27)26(23)29-15-16-4-2-1-3-5-16/h1-14,28H,15H2. The molecule has 1 aliphatic heterocycles. The van der Waals surface area contributed by atoms with E-state index < -0.39 is 11.6 Å². The number of nitrogens with zero attached hydrogens (tertiary/aromatic N) is 1. The van der Waals surface area contributed by atoms with Crippen molar-refractivity contribution in [3.8, 4) is 0 Å². The summed E-state index contributed by atoms with van der Waals surface area (Å²) in [5.74, 6) is -0.423. The van der Waals surface area contributed by atoms with Gasteiger partial charge in [0, 0.05) is 15.1 Å². The minimum absolute atomic E-state index is 0.146. The number of carbonyl (C=O) groups is 1. The van der Waals surface area contributed by atoms with Crippen LogP contribution in [-0.2, 0) is 22.0 Å². The van der Waals surface area contributed by atoms with Crippen molar-refractivity contribution >= 4 is 39.0 Å². The lowest BCUT2D eigenvalue weighted by Crippen LogP contribution is -2.43. The van der Waals surface area contributed by atoms with Crippen LogP contribution in [0.4, 0.5) is 0 Å². The van der Waals surface area contributed by atoms with Gasteiger partial charge in [-0.2, -0.15) is 5.06 Å². The van der Waals surface area contributed by atoms with E-state index in [1.807, 2.05) is 30.3 Å². The molecular formula is C23H17BrClNO3. The zero-order valence-electron chi connectivity index (χ0n) is 15.3. The summed E-state index contributed by atoms with van der Waals surface area (Å²) in [5, 5.41) is 13.1. The molecule has 0 aromatic heterocycles. The van der Waals surface area contributed by atoms with E-state index in [4.69, 9.17) is 16.4 Å². The van der Waals surface area contributed by atoms with E-state index in [1.165, 1.54) is 6.08 Å². The van der Waals surface area contributed by atoms with E-state index in [0.717, 1.165) is 15.1 Å². The molecule has 29 heavy (non-hydrogen) atoms. The normalized spacial score (nSPS) is 18.8. The molecular weight excluding hydrogens is 454 g/mol. The Morgan fingerprint density at radius 3 is 2.28 bits per heavy atom. The predicted octanol–water partition coefficient (Wildman–Crippen LogP) is 5.31. The van der Waals surface area contributed by atoms with Gasteiger partial charge in [-0.15, -0.1) is 0 Å². The minimum Gasteiger partial charge on any atom is -0.362 e. The molecule has 1 N–H and O–H groups in total. The molecule has 0 bridgehead atoms. The molecule has 0 radical (unpaired) electrons. The minimum atomic E-state index is -1.73. The number of benzene rings is 3. The highest BCUT2D eigenvalue weighted by molar-refractivity contribution is 9.10. The first kappa shape index (κ1) is 19.9. The van der Waals surface area contributed by atoms with Crippen molar-refractivity contribution in [3.05, 3.63) is 111 Å². The van der Waals surface area contributed by atoms with Crippen LogP contribution in [-0.4, -0.2) is 16.1 Å². The summed E-state index contributed by atoms with van der Waals surface area (Å²) in [6.45, 7) is 0.146. The highest BCUT2D eigenvalue weighted by Crippen LogP contribution is 2.40. The molecule has 0 fully saturated rings. The van der Waals surface area contributed by atoms with Crippen LogP contribution in [0, 0.1) is 0 Å². The van der Waals surface area contributed by atoms with Gasteiger partial charge in [-0.3, -0.25) is 9.63 Å². The Balaban J connectivity index is 1.72. The third-order valence-corrected chi connectivity index (χ3v) is 5.48. The van der Waals surface area contributed by atoms with Crippen LogP contribution < -0.4 is 0 Å². The average molecular weight is 471 g/mol. The maximum atomic E-state index is 13.2. The van der Waals surface area contributed by atoms with E-state index in [-0.39, 0.29) is 6.61 Å². The van der Waals surface area contributed by atoms with Gasteiger partial charge in [-0.05, 0) is 41.5 Å². The fourth-order valence-corrected chi connectivity index (χ4v) is 3.58. The number of hydrogen-bond acceptors (Lipinski definition) is 3. The first-order chi connectivity index (χ1) is 14.0. The van der Waals surface area contributed by atoms with Gasteiger partial charge in [0.05, 0.1) is 5.57 Å². The van der Waals surface area contributed by atoms with Gasteiger partial charge in [0.25, 0.3) is 5.91 Å². The van der Waals surface area contributed by atoms with Crippen molar-refractivity contribution < 1.29 is 14.7 Å². The topological polar surface area (TPSA) is 49.8 Å². The van der Waals surface area contributed by atoms with Crippen molar-refractivity contribution in [3.63, 3.8) is 0 Å². The third kappa shape index (κ3) is 4.00. The second-order valence-electron chi connectivity index (χ2n) is 6.66. The Kier molecular flexibility index (Phi) is 5.56. The number of hydrogen-bond donors (Lipinski definition) is 1. The van der Waals surface area contributed by atoms with Gasteiger partial charge in [0.15, 0.2) is 0 Å². The summed E-state index contributed by atoms with van der Waals surface area (Å²) in [6.07, 6.45) is 1.52. The van der Waals surface area contributed by atoms with Gasteiger partial charge in [-0.25, -0.2) is 0 Å². The second-order valence-corrected chi connectivity index (χ2v) is 8.01. The number of aliphatic hydroxyl groups is 1. The largest absolute Gasteiger partial charge is 0.362 e. The molecule has 1 atom stereocenters. The van der Waals surface area contributed by atoms with Gasteiger partial charge in [0.2, 0.25) is 5.72 Å². The Morgan fingerprint density at radius 2 is 1.62 bits per heavy atom. The Hall–Kier alpha value is -2.44. The van der Waals surface area contributed by atoms with Crippen LogP contribution >= 0.6 is 27.5 Å². The van der Waals surface area contributed by atoms with E-state index in [9.17, 15) is 9.90 Å². The van der Waals surface area contributed by atoms with Crippen LogP contribution in [0.3, 0.4) is 0 Å². The van der Waals surface area contributed by atoms with Crippen molar-refractivity contribution in [2.75, 3.05) is 0 Å². The van der Waals surface area contributed by atoms with Gasteiger partial charge < -0.3 is 5.11 Å². The first-order valence-electron chi connectivity index (χ1n) is 8.96. The summed E-state index contributed by atoms with van der Waals surface area (Å²) in [5.41, 5.74) is 0.673. The molecule has 0 spiro atoms. The zero-order chi connectivity index (χ0) is 20.4. The second kappa shape index (κ2) is 8.13. The highest BCUT2D eigenvalue weighted by Gasteiger charge is 2.47. The Morgan fingerprint density at radius 1 is 0.966 bits per heavy atom. The van der Waals surface area contributed by atoms with Crippen LogP contribution in [0.1, 0.15) is 16.7 Å². The van der Waals surface area contributed by atoms with E-state index in [2.05, 4.69) is 15.9 Å². The Bertz CT molecular complexity index is 1050. The summed E-state index contributed by atoms with van der Waals surface area (Å²) >= 11 is 9.37. The van der Waals surface area contributed by atoms with Gasteiger partial charge in [-0.1, -0.05) is 82.1 Å². The molecule has 4 nitrogen and oxygen atoms in total. The predicted molar refractivity (Wildman–Crippen MR) is 116 cm³/mol. The number of rotatable bonds is 5. The molecule has 6 heteroatoms. The quantitative estimate of drug-likeness (QED) is 0.550. The number of halogens is 2. The molecule has 146 valence electrons. The molecule has 3 aromatic carbocycles. The lowest BCUT2D eigenvalue weighted by Gasteiger charge is -2.32. The molecule has 1 unspecified atom stereocenters. The van der Waals surface area contributed by atoms with E-state index in [1.54, 1.807) is 48.5 Å². The summed E-state index contributed by atoms with van der Waals surface area (Å²) in [7, 11) is 0. The van der Waals surface area contributed by atoms with E-state index in [0.29, 0.717) is 21.7 Å². The molecule has 1 heterocycles. The van der Waals surface area contributed by atoms with Crippen LogP contribution in [0.5, 0.6) is 0 Å². The smallest absolute Gasteiger partial charge is 0.281 e. The lowest BCUT2D eigenvalue weighted by atomic mass is 10.0. The molecule has 1 aliphatic rings. The highest BCUT2D eigenvalue weighted by atomic mass is 79.9. The van der Waals surface area contributed by atoms with Crippen molar-refractivity contribution in [1.82, 2.24) is 5.06 Å². The number of amides is 1. The van der Waals surface area contributed by atoms with Crippen LogP contribution in [0.15, 0.2) is 89.4 Å². The third-order valence-electron chi connectivity index (χ3n) is 4.70. The summed E-state index contributed by atoms with van der Waals surface area (Å²) in [4.78, 5) is 19.0. The Labute approximate surface area is 182 Å². The van der Waals surface area contributed by atoms with Crippen molar-refractivity contribution in [2.45, 2.75) is 12.3 Å². The maximum Gasteiger partial charge on any atom is 0.281 e. The molecule has 4 rings (SSSR count). The van der Waals surface area contributed by atoms with Gasteiger partial charge >= 0.3 is 0 Å². The van der Waals surface area contributed by atoms with Crippen molar-refractivity contribution in [2.24, 2.45) is 0 Å². The van der Waals surface area contributed by atoms with Crippen LogP contribution in [0.2, 0.25) is 5.02 Å². The van der Waals surface area contributed by atoms with Crippen molar-refractivity contribution in [1.29, 1.82) is 0 Å². The summed E-state index contributed by atoms with van der Waals surface area (Å²) < 4.78 is 0.868. The molecule has 0 saturated heterocycles. The first-order valence-corrected chi connectivity index (χ1v) is 10.1. The fourth-order valence-electron chi connectivity index (χ4n) is 3.19. The summed E-state index contributed by atoms with van der Waals surface area (Å²) in [6, 6.07) is 23.5. The zero-order valence-corrected chi connectivity index (χ0v) is 17.6. The van der Waals surface area contributed by atoms with Gasteiger partial charge in [0.1, 0.15) is 6.61 Å². The lowest BCUT2D eigenvalue weighted by molar-refractivity contribution is -0.262. The average Bonchev–Trinajstić information content (AvgIpc) is 2.99. The molecule has 1 amide bonds. The fraction of sp³-hybridized carbons (Fsp3) is 0.0870. The maximum absolute atomic E-state index is 13.2. The SMILES string of the molecule is O=C1C(c2ccc(Cl)cc2)=CC(O)(c2ccc(Br)cc2)N1OCc1ccccc1. The number of hydroxylamine groups is 2. The molecule has 0 saturated carbocycles. The molecule has 3 aromatic rings.